The van der Waals surface area contributed by atoms with Gasteiger partial charge in [-0.3, -0.25) is 0 Å². The van der Waals surface area contributed by atoms with E-state index in [0.29, 0.717) is 0 Å². The summed E-state index contributed by atoms with van der Waals surface area (Å²) in [6, 6.07) is 1.94. The summed E-state index contributed by atoms with van der Waals surface area (Å²) in [6.07, 6.45) is -0.870. The minimum atomic E-state index is -0.883. The van der Waals surface area contributed by atoms with Gasteiger partial charge in [-0.2, -0.15) is 0 Å². The van der Waals surface area contributed by atoms with Crippen molar-refractivity contribution in [2.24, 2.45) is 11.7 Å². The van der Waals surface area contributed by atoms with Crippen LogP contribution in [0.2, 0.25) is 10.0 Å². The molecule has 0 unspecified atom stereocenters. The minimum absolute atomic E-state index is 0.0502. The maximum absolute atomic E-state index is 13.7. The third-order valence-electron chi connectivity index (χ3n) is 2.46. The van der Waals surface area contributed by atoms with E-state index in [1.165, 1.54) is 12.1 Å². The second kappa shape index (κ2) is 5.32. The second-order valence-corrected chi connectivity index (χ2v) is 4.83. The number of hydrogen-bond acceptors (Lipinski definition) is 2. The Balaban J connectivity index is 3.17. The van der Waals surface area contributed by atoms with Crippen LogP contribution < -0.4 is 5.73 Å². The molecular weight excluding hydrogens is 252 g/mol. The molecule has 0 bridgehead atoms. The summed E-state index contributed by atoms with van der Waals surface area (Å²) in [4.78, 5) is 0. The van der Waals surface area contributed by atoms with Crippen LogP contribution in [0.3, 0.4) is 0 Å². The van der Waals surface area contributed by atoms with Gasteiger partial charge in [0.25, 0.3) is 0 Å². The molecule has 0 heterocycles. The van der Waals surface area contributed by atoms with Gasteiger partial charge in [0, 0.05) is 10.6 Å². The Bertz CT molecular complexity index is 384. The first-order chi connectivity index (χ1) is 7.36. The lowest BCUT2D eigenvalue weighted by atomic mass is 9.94. The molecule has 2 atom stereocenters. The molecule has 3 N–H and O–H groups in total. The molecule has 1 aromatic rings. The van der Waals surface area contributed by atoms with Gasteiger partial charge in [-0.1, -0.05) is 37.0 Å². The first-order valence-corrected chi connectivity index (χ1v) is 5.69. The van der Waals surface area contributed by atoms with Gasteiger partial charge in [-0.05, 0) is 18.1 Å². The fourth-order valence-corrected chi connectivity index (χ4v) is 1.87. The number of rotatable bonds is 3. The van der Waals surface area contributed by atoms with Crippen LogP contribution in [0.4, 0.5) is 4.39 Å². The predicted molar refractivity (Wildman–Crippen MR) is 64.2 cm³/mol. The molecule has 0 saturated carbocycles. The molecule has 0 radical (unpaired) electrons. The van der Waals surface area contributed by atoms with Crippen molar-refractivity contribution in [3.8, 4) is 0 Å². The van der Waals surface area contributed by atoms with Gasteiger partial charge in [0.1, 0.15) is 5.82 Å². The molecule has 2 nitrogen and oxygen atoms in total. The van der Waals surface area contributed by atoms with Crippen LogP contribution >= 0.6 is 23.2 Å². The van der Waals surface area contributed by atoms with Gasteiger partial charge in [-0.15, -0.1) is 0 Å². The topological polar surface area (TPSA) is 46.2 Å². The molecule has 1 aromatic carbocycles. The van der Waals surface area contributed by atoms with Crippen LogP contribution in [-0.2, 0) is 0 Å². The van der Waals surface area contributed by atoms with E-state index in [0.717, 1.165) is 0 Å². The molecule has 0 aliphatic heterocycles. The number of halogens is 3. The minimum Gasteiger partial charge on any atom is -0.391 e. The monoisotopic (exact) mass is 265 g/mol. The van der Waals surface area contributed by atoms with Gasteiger partial charge in [0.15, 0.2) is 0 Å². The second-order valence-electron chi connectivity index (χ2n) is 4.02. The lowest BCUT2D eigenvalue weighted by molar-refractivity contribution is 0.0967. The fourth-order valence-electron chi connectivity index (χ4n) is 1.43. The molecule has 0 aliphatic carbocycles. The van der Waals surface area contributed by atoms with E-state index in [2.05, 4.69) is 0 Å². The van der Waals surface area contributed by atoms with Crippen LogP contribution in [0.15, 0.2) is 12.1 Å². The zero-order chi connectivity index (χ0) is 12.5. The van der Waals surface area contributed by atoms with Crippen molar-refractivity contribution >= 4 is 23.2 Å². The molecule has 5 heteroatoms. The van der Waals surface area contributed by atoms with E-state index < -0.39 is 18.0 Å². The van der Waals surface area contributed by atoms with E-state index in [9.17, 15) is 9.50 Å². The highest BCUT2D eigenvalue weighted by Crippen LogP contribution is 2.32. The lowest BCUT2D eigenvalue weighted by Crippen LogP contribution is -2.31. The highest BCUT2D eigenvalue weighted by molar-refractivity contribution is 6.33. The number of aliphatic hydroxyl groups excluding tert-OH is 1. The molecule has 90 valence electrons. The molecule has 0 saturated heterocycles. The summed E-state index contributed by atoms with van der Waals surface area (Å²) in [6.45, 7) is 3.59. The number of hydrogen-bond donors (Lipinski definition) is 2. The van der Waals surface area contributed by atoms with Crippen LogP contribution in [-0.4, -0.2) is 11.2 Å². The average molecular weight is 266 g/mol. The van der Waals surface area contributed by atoms with Gasteiger partial charge in [0.2, 0.25) is 0 Å². The number of nitrogens with two attached hydrogens (primary N) is 1. The highest BCUT2D eigenvalue weighted by atomic mass is 35.5. The predicted octanol–water partition coefficient (Wildman–Crippen LogP) is 3.15. The normalized spacial score (nSPS) is 15.2. The Labute approximate surface area is 104 Å². The van der Waals surface area contributed by atoms with Crippen LogP contribution in [0.5, 0.6) is 0 Å². The van der Waals surface area contributed by atoms with E-state index in [4.69, 9.17) is 28.9 Å². The zero-order valence-electron chi connectivity index (χ0n) is 9.05. The molecule has 0 aromatic heterocycles. The molecular formula is C11H14Cl2FNO. The van der Waals surface area contributed by atoms with Crippen molar-refractivity contribution in [1.29, 1.82) is 0 Å². The highest BCUT2D eigenvalue weighted by Gasteiger charge is 2.26. The third kappa shape index (κ3) is 2.66. The zero-order valence-corrected chi connectivity index (χ0v) is 10.6. The Kier molecular flexibility index (Phi) is 4.56. The molecule has 0 amide bonds. The van der Waals surface area contributed by atoms with Crippen LogP contribution in [0.25, 0.3) is 0 Å². The maximum Gasteiger partial charge on any atom is 0.148 e. The largest absolute Gasteiger partial charge is 0.391 e. The first kappa shape index (κ1) is 13.7. The van der Waals surface area contributed by atoms with Crippen molar-refractivity contribution in [1.82, 2.24) is 0 Å². The smallest absolute Gasteiger partial charge is 0.148 e. The maximum atomic E-state index is 13.7. The summed E-state index contributed by atoms with van der Waals surface area (Å²) >= 11 is 11.5. The van der Waals surface area contributed by atoms with Crippen molar-refractivity contribution < 1.29 is 9.50 Å². The molecule has 16 heavy (non-hydrogen) atoms. The summed E-state index contributed by atoms with van der Waals surface area (Å²) in [5.74, 6) is -0.759. The summed E-state index contributed by atoms with van der Waals surface area (Å²) in [5.41, 5.74) is 5.84. The molecule has 0 spiro atoms. The molecule has 1 rings (SSSR count). The van der Waals surface area contributed by atoms with Crippen molar-refractivity contribution in [3.63, 3.8) is 0 Å². The Morgan fingerprint density at radius 1 is 1.25 bits per heavy atom. The fraction of sp³-hybridized carbons (Fsp3) is 0.455. The molecule has 0 fully saturated rings. The average Bonchev–Trinajstić information content (AvgIpc) is 2.22. The van der Waals surface area contributed by atoms with E-state index in [1.54, 1.807) is 13.8 Å². The summed E-state index contributed by atoms with van der Waals surface area (Å²) < 4.78 is 13.7. The van der Waals surface area contributed by atoms with Crippen LogP contribution in [0, 0.1) is 11.7 Å². The van der Waals surface area contributed by atoms with Crippen molar-refractivity contribution in [2.45, 2.75) is 26.0 Å². The van der Waals surface area contributed by atoms with Gasteiger partial charge >= 0.3 is 0 Å². The van der Waals surface area contributed by atoms with E-state index in [1.807, 2.05) is 0 Å². The first-order valence-electron chi connectivity index (χ1n) is 4.93. The summed E-state index contributed by atoms with van der Waals surface area (Å²) in [7, 11) is 0. The summed E-state index contributed by atoms with van der Waals surface area (Å²) in [5, 5.41) is 9.92. The Hall–Kier alpha value is -0.350. The van der Waals surface area contributed by atoms with Gasteiger partial charge in [0.05, 0.1) is 17.2 Å². The lowest BCUT2D eigenvalue weighted by Gasteiger charge is -2.23. The number of benzene rings is 1. The SMILES string of the molecule is CC(C)[C@@H](O)[C@@H](N)c1c(Cl)ccc(Cl)c1F. The van der Waals surface area contributed by atoms with Gasteiger partial charge in [-0.25, -0.2) is 4.39 Å². The van der Waals surface area contributed by atoms with E-state index >= 15 is 0 Å². The molecule has 0 aliphatic rings. The Morgan fingerprint density at radius 3 is 2.25 bits per heavy atom. The van der Waals surface area contributed by atoms with Crippen molar-refractivity contribution in [3.05, 3.63) is 33.6 Å². The van der Waals surface area contributed by atoms with Crippen molar-refractivity contribution in [2.75, 3.05) is 0 Å². The third-order valence-corrected chi connectivity index (χ3v) is 3.09. The van der Waals surface area contributed by atoms with Crippen LogP contribution in [0.1, 0.15) is 25.5 Å². The number of aliphatic hydroxyl groups is 1. The standard InChI is InChI=1S/C11H14Cl2FNO/c1-5(2)11(16)10(15)8-6(12)3-4-7(13)9(8)14/h3-5,10-11,16H,15H2,1-2H3/t10-,11+/m0/s1. The Morgan fingerprint density at radius 2 is 1.75 bits per heavy atom. The van der Waals surface area contributed by atoms with Gasteiger partial charge < -0.3 is 10.8 Å². The van der Waals surface area contributed by atoms with E-state index in [-0.39, 0.29) is 21.5 Å². The quantitative estimate of drug-likeness (QED) is 0.825.